The molecule has 3 heterocycles. The van der Waals surface area contributed by atoms with Gasteiger partial charge in [-0.1, -0.05) is 6.92 Å². The van der Waals surface area contributed by atoms with Crippen LogP contribution in [0.5, 0.6) is 0 Å². The molecule has 0 aliphatic carbocycles. The predicted molar refractivity (Wildman–Crippen MR) is 85.2 cm³/mol. The molecule has 0 saturated carbocycles. The highest BCUT2D eigenvalue weighted by Gasteiger charge is 2.22. The number of rotatable bonds is 4. The van der Waals surface area contributed by atoms with E-state index in [9.17, 15) is 0 Å². The van der Waals surface area contributed by atoms with E-state index in [-0.39, 0.29) is 0 Å². The third kappa shape index (κ3) is 3.10. The van der Waals surface area contributed by atoms with Gasteiger partial charge in [-0.15, -0.1) is 0 Å². The first-order valence-electron chi connectivity index (χ1n) is 7.09. The Morgan fingerprint density at radius 2 is 2.19 bits per heavy atom. The maximum atomic E-state index is 4.59. The van der Waals surface area contributed by atoms with Gasteiger partial charge in [-0.25, -0.2) is 4.98 Å². The smallest absolute Gasteiger partial charge is 0.241 e. The molecule has 1 fully saturated rings. The van der Waals surface area contributed by atoms with Crippen molar-refractivity contribution >= 4 is 23.7 Å². The molecule has 1 aliphatic rings. The van der Waals surface area contributed by atoms with Gasteiger partial charge in [0.05, 0.1) is 0 Å². The number of nitrogens with zero attached hydrogens (tertiary/aromatic N) is 6. The van der Waals surface area contributed by atoms with E-state index in [1.807, 2.05) is 25.0 Å². The molecule has 1 atom stereocenters. The molecule has 3 rings (SSSR count). The normalized spacial score (nSPS) is 18.8. The fourth-order valence-electron chi connectivity index (χ4n) is 2.25. The van der Waals surface area contributed by atoms with Crippen molar-refractivity contribution in [2.45, 2.75) is 18.6 Å². The number of nitrogens with one attached hydrogen (secondary N) is 1. The monoisotopic (exact) mass is 305 g/mol. The second-order valence-electron chi connectivity index (χ2n) is 4.83. The van der Waals surface area contributed by atoms with Gasteiger partial charge in [0, 0.05) is 43.5 Å². The van der Waals surface area contributed by atoms with E-state index in [0.29, 0.717) is 17.1 Å². The van der Waals surface area contributed by atoms with Gasteiger partial charge < -0.3 is 10.2 Å². The van der Waals surface area contributed by atoms with E-state index >= 15 is 0 Å². The average Bonchev–Trinajstić information content (AvgIpc) is 3.09. The zero-order valence-electron chi connectivity index (χ0n) is 12.2. The molecule has 1 N–H and O–H groups in total. The van der Waals surface area contributed by atoms with Crippen LogP contribution in [0.4, 0.5) is 11.9 Å². The first-order valence-corrected chi connectivity index (χ1v) is 8.13. The molecule has 0 amide bonds. The number of imidazole rings is 1. The number of aromatic nitrogens is 5. The number of hydrogen-bond donors (Lipinski definition) is 1. The van der Waals surface area contributed by atoms with Gasteiger partial charge in [0.15, 0.2) is 0 Å². The molecule has 1 aliphatic heterocycles. The van der Waals surface area contributed by atoms with Crippen molar-refractivity contribution < 1.29 is 0 Å². The summed E-state index contributed by atoms with van der Waals surface area (Å²) in [6.07, 6.45) is 6.41. The molecule has 2 aromatic heterocycles. The maximum absolute atomic E-state index is 4.59. The number of anilines is 2. The van der Waals surface area contributed by atoms with Crippen LogP contribution in [0, 0.1) is 0 Å². The number of thioether (sulfide) groups is 1. The average molecular weight is 305 g/mol. The lowest BCUT2D eigenvalue weighted by Gasteiger charge is -2.32. The number of hydrogen-bond acceptors (Lipinski definition) is 7. The Bertz CT molecular complexity index is 586. The van der Waals surface area contributed by atoms with Crippen LogP contribution in [0.2, 0.25) is 0 Å². The van der Waals surface area contributed by atoms with Crippen molar-refractivity contribution in [3.63, 3.8) is 0 Å². The Morgan fingerprint density at radius 3 is 2.90 bits per heavy atom. The lowest BCUT2D eigenvalue weighted by atomic mass is 10.3. The van der Waals surface area contributed by atoms with Gasteiger partial charge in [0.1, 0.15) is 6.33 Å². The quantitative estimate of drug-likeness (QED) is 0.916. The summed E-state index contributed by atoms with van der Waals surface area (Å²) in [6, 6.07) is 0. The molecule has 8 heteroatoms. The fraction of sp³-hybridized carbons (Fsp3) is 0.538. The Labute approximate surface area is 128 Å². The first kappa shape index (κ1) is 14.1. The maximum Gasteiger partial charge on any atom is 0.241 e. The predicted octanol–water partition coefficient (Wildman–Crippen LogP) is 1.43. The summed E-state index contributed by atoms with van der Waals surface area (Å²) in [5, 5.41) is 3.65. The molecule has 2 aromatic rings. The summed E-state index contributed by atoms with van der Waals surface area (Å²) in [5.41, 5.74) is 0. The zero-order chi connectivity index (χ0) is 14.7. The van der Waals surface area contributed by atoms with Crippen LogP contribution in [0.25, 0.3) is 5.95 Å². The topological polar surface area (TPSA) is 71.8 Å². The van der Waals surface area contributed by atoms with Gasteiger partial charge >= 0.3 is 0 Å². The minimum Gasteiger partial charge on any atom is -0.357 e. The van der Waals surface area contributed by atoms with Crippen LogP contribution in [-0.4, -0.2) is 55.6 Å². The summed E-state index contributed by atoms with van der Waals surface area (Å²) in [4.78, 5) is 19.8. The SMILES string of the molecule is CCC1CN(c2nc(NC)nc(-n3ccnc3)n2)CCS1. The summed E-state index contributed by atoms with van der Waals surface area (Å²) in [6.45, 7) is 4.18. The summed E-state index contributed by atoms with van der Waals surface area (Å²) in [5.74, 6) is 3.01. The van der Waals surface area contributed by atoms with Crippen LogP contribution in [-0.2, 0) is 0 Å². The van der Waals surface area contributed by atoms with Crippen molar-refractivity contribution in [1.29, 1.82) is 0 Å². The molecule has 21 heavy (non-hydrogen) atoms. The highest BCUT2D eigenvalue weighted by molar-refractivity contribution is 8.00. The van der Waals surface area contributed by atoms with Gasteiger partial charge in [-0.05, 0) is 6.42 Å². The lowest BCUT2D eigenvalue weighted by Crippen LogP contribution is -2.39. The third-order valence-electron chi connectivity index (χ3n) is 3.45. The largest absolute Gasteiger partial charge is 0.357 e. The van der Waals surface area contributed by atoms with Crippen molar-refractivity contribution in [1.82, 2.24) is 24.5 Å². The lowest BCUT2D eigenvalue weighted by molar-refractivity contribution is 0.704. The summed E-state index contributed by atoms with van der Waals surface area (Å²) < 4.78 is 1.79. The van der Waals surface area contributed by atoms with Crippen LogP contribution in [0.1, 0.15) is 13.3 Å². The third-order valence-corrected chi connectivity index (χ3v) is 4.82. The Balaban J connectivity index is 1.92. The van der Waals surface area contributed by atoms with E-state index in [1.165, 1.54) is 6.42 Å². The molecular formula is C13H19N7S. The van der Waals surface area contributed by atoms with E-state index in [4.69, 9.17) is 0 Å². The van der Waals surface area contributed by atoms with Gasteiger partial charge in [-0.2, -0.15) is 26.7 Å². The van der Waals surface area contributed by atoms with Crippen LogP contribution < -0.4 is 10.2 Å². The fourth-order valence-corrected chi connectivity index (χ4v) is 3.43. The minimum atomic E-state index is 0.579. The molecular weight excluding hydrogens is 286 g/mol. The first-order chi connectivity index (χ1) is 10.3. The molecule has 0 radical (unpaired) electrons. The molecule has 1 unspecified atom stereocenters. The van der Waals surface area contributed by atoms with Crippen molar-refractivity contribution in [3.8, 4) is 5.95 Å². The van der Waals surface area contributed by atoms with Crippen LogP contribution >= 0.6 is 11.8 Å². The summed E-state index contributed by atoms with van der Waals surface area (Å²) >= 11 is 2.03. The van der Waals surface area contributed by atoms with Crippen molar-refractivity contribution in [3.05, 3.63) is 18.7 Å². The van der Waals surface area contributed by atoms with Crippen LogP contribution in [0.15, 0.2) is 18.7 Å². The van der Waals surface area contributed by atoms with E-state index < -0.39 is 0 Å². The summed E-state index contributed by atoms with van der Waals surface area (Å²) in [7, 11) is 1.82. The highest BCUT2D eigenvalue weighted by Crippen LogP contribution is 2.24. The Hall–Kier alpha value is -1.83. The van der Waals surface area contributed by atoms with E-state index in [0.717, 1.165) is 24.8 Å². The standard InChI is InChI=1S/C13H19N7S/c1-3-10-8-19(6-7-21-10)12-16-11(14-2)17-13(18-12)20-5-4-15-9-20/h4-5,9-10H,3,6-8H2,1-2H3,(H,14,16,17,18). The zero-order valence-corrected chi connectivity index (χ0v) is 13.0. The molecule has 0 aromatic carbocycles. The van der Waals surface area contributed by atoms with E-state index in [1.54, 1.807) is 17.1 Å². The Morgan fingerprint density at radius 1 is 1.33 bits per heavy atom. The van der Waals surface area contributed by atoms with Gasteiger partial charge in [0.2, 0.25) is 17.8 Å². The van der Waals surface area contributed by atoms with Gasteiger partial charge in [-0.3, -0.25) is 4.57 Å². The molecule has 112 valence electrons. The minimum absolute atomic E-state index is 0.579. The molecule has 1 saturated heterocycles. The van der Waals surface area contributed by atoms with Crippen LogP contribution in [0.3, 0.4) is 0 Å². The molecule has 0 spiro atoms. The van der Waals surface area contributed by atoms with Gasteiger partial charge in [0.25, 0.3) is 0 Å². The second-order valence-corrected chi connectivity index (χ2v) is 6.23. The highest BCUT2D eigenvalue weighted by atomic mass is 32.2. The Kier molecular flexibility index (Phi) is 4.23. The molecule has 0 bridgehead atoms. The van der Waals surface area contributed by atoms with Crippen molar-refractivity contribution in [2.75, 3.05) is 36.1 Å². The second kappa shape index (κ2) is 6.30. The van der Waals surface area contributed by atoms with E-state index in [2.05, 4.69) is 37.1 Å². The van der Waals surface area contributed by atoms with Crippen molar-refractivity contribution in [2.24, 2.45) is 0 Å². The molecule has 7 nitrogen and oxygen atoms in total.